The lowest BCUT2D eigenvalue weighted by molar-refractivity contribution is -0.0790. The van der Waals surface area contributed by atoms with Crippen molar-refractivity contribution in [1.82, 2.24) is 5.06 Å². The molecule has 0 aliphatic heterocycles. The van der Waals surface area contributed by atoms with E-state index in [-0.39, 0.29) is 0 Å². The quantitative estimate of drug-likeness (QED) is 0.571. The van der Waals surface area contributed by atoms with Crippen LogP contribution >= 0.6 is 0 Å². The predicted octanol–water partition coefficient (Wildman–Crippen LogP) is 2.50. The maximum absolute atomic E-state index is 9.42. The van der Waals surface area contributed by atoms with Gasteiger partial charge in [0.05, 0.1) is 0 Å². The van der Waals surface area contributed by atoms with Gasteiger partial charge in [0.15, 0.2) is 0 Å². The van der Waals surface area contributed by atoms with Gasteiger partial charge < -0.3 is 5.21 Å². The largest absolute Gasteiger partial charge is 0.314 e. The Morgan fingerprint density at radius 1 is 1.29 bits per heavy atom. The Bertz CT molecular complexity index is 269. The standard InChI is InChI=1S/C12H17NO/c1-2-3-10-13(14)11-9-12-7-5-4-6-8-12/h2-8,14H,9-11H2,1H3. The van der Waals surface area contributed by atoms with E-state index in [0.29, 0.717) is 13.1 Å². The van der Waals surface area contributed by atoms with Gasteiger partial charge in [-0.1, -0.05) is 42.5 Å². The molecule has 1 aromatic rings. The lowest BCUT2D eigenvalue weighted by Gasteiger charge is -2.11. The fraction of sp³-hybridized carbons (Fsp3) is 0.333. The molecule has 1 N–H and O–H groups in total. The van der Waals surface area contributed by atoms with E-state index in [1.54, 1.807) is 0 Å². The minimum atomic E-state index is 0.601. The second kappa shape index (κ2) is 6.35. The van der Waals surface area contributed by atoms with Crippen molar-refractivity contribution in [3.8, 4) is 0 Å². The molecule has 14 heavy (non-hydrogen) atoms. The molecule has 0 bridgehead atoms. The van der Waals surface area contributed by atoms with Crippen LogP contribution in [0.1, 0.15) is 12.5 Å². The number of hydrogen-bond acceptors (Lipinski definition) is 2. The molecule has 0 atom stereocenters. The molecule has 0 amide bonds. The zero-order chi connectivity index (χ0) is 10.2. The Labute approximate surface area is 85.4 Å². The van der Waals surface area contributed by atoms with Crippen LogP contribution in [0.25, 0.3) is 0 Å². The lowest BCUT2D eigenvalue weighted by atomic mass is 10.1. The van der Waals surface area contributed by atoms with Crippen LogP contribution in [-0.2, 0) is 6.42 Å². The Morgan fingerprint density at radius 2 is 2.00 bits per heavy atom. The summed E-state index contributed by atoms with van der Waals surface area (Å²) in [5.74, 6) is 0. The van der Waals surface area contributed by atoms with Crippen molar-refractivity contribution in [3.63, 3.8) is 0 Å². The highest BCUT2D eigenvalue weighted by Crippen LogP contribution is 2.00. The number of hydroxylamine groups is 2. The van der Waals surface area contributed by atoms with Gasteiger partial charge in [-0.3, -0.25) is 0 Å². The normalized spacial score (nSPS) is 11.4. The summed E-state index contributed by atoms with van der Waals surface area (Å²) in [7, 11) is 0. The van der Waals surface area contributed by atoms with Crippen molar-refractivity contribution in [1.29, 1.82) is 0 Å². The van der Waals surface area contributed by atoms with Gasteiger partial charge in [-0.2, -0.15) is 5.06 Å². The summed E-state index contributed by atoms with van der Waals surface area (Å²) in [4.78, 5) is 0. The Kier molecular flexibility index (Phi) is 4.97. The van der Waals surface area contributed by atoms with Crippen molar-refractivity contribution in [2.75, 3.05) is 13.1 Å². The molecule has 0 saturated carbocycles. The summed E-state index contributed by atoms with van der Waals surface area (Å²) < 4.78 is 0. The van der Waals surface area contributed by atoms with E-state index in [2.05, 4.69) is 12.1 Å². The zero-order valence-electron chi connectivity index (χ0n) is 8.56. The fourth-order valence-corrected chi connectivity index (χ4v) is 1.22. The molecule has 0 aliphatic rings. The van der Waals surface area contributed by atoms with Gasteiger partial charge in [-0.15, -0.1) is 0 Å². The van der Waals surface area contributed by atoms with E-state index in [1.165, 1.54) is 10.6 Å². The van der Waals surface area contributed by atoms with Crippen LogP contribution in [0.5, 0.6) is 0 Å². The highest BCUT2D eigenvalue weighted by molar-refractivity contribution is 5.14. The Morgan fingerprint density at radius 3 is 2.64 bits per heavy atom. The van der Waals surface area contributed by atoms with Crippen molar-refractivity contribution in [2.45, 2.75) is 13.3 Å². The Balaban J connectivity index is 2.27. The highest BCUT2D eigenvalue weighted by atomic mass is 16.5. The van der Waals surface area contributed by atoms with Gasteiger partial charge in [0.1, 0.15) is 0 Å². The number of allylic oxidation sites excluding steroid dienone is 1. The van der Waals surface area contributed by atoms with Gasteiger partial charge in [0.25, 0.3) is 0 Å². The number of hydrogen-bond donors (Lipinski definition) is 1. The predicted molar refractivity (Wildman–Crippen MR) is 58.3 cm³/mol. The van der Waals surface area contributed by atoms with Crippen LogP contribution < -0.4 is 0 Å². The molecule has 0 heterocycles. The van der Waals surface area contributed by atoms with Crippen LogP contribution in [0.15, 0.2) is 42.5 Å². The van der Waals surface area contributed by atoms with Crippen LogP contribution in [0, 0.1) is 0 Å². The molecule has 0 spiro atoms. The van der Waals surface area contributed by atoms with Crippen molar-refractivity contribution in [2.24, 2.45) is 0 Å². The van der Waals surface area contributed by atoms with Crippen LogP contribution in [0.4, 0.5) is 0 Å². The minimum Gasteiger partial charge on any atom is -0.314 e. The molecular weight excluding hydrogens is 174 g/mol. The maximum atomic E-state index is 9.42. The first-order chi connectivity index (χ1) is 6.83. The van der Waals surface area contributed by atoms with E-state index in [4.69, 9.17) is 0 Å². The molecule has 0 unspecified atom stereocenters. The van der Waals surface area contributed by atoms with E-state index in [1.807, 2.05) is 37.3 Å². The van der Waals surface area contributed by atoms with Gasteiger partial charge in [0.2, 0.25) is 0 Å². The van der Waals surface area contributed by atoms with Crippen LogP contribution in [0.2, 0.25) is 0 Å². The first-order valence-corrected chi connectivity index (χ1v) is 4.92. The molecule has 0 fully saturated rings. The molecular formula is C12H17NO. The highest BCUT2D eigenvalue weighted by Gasteiger charge is 1.97. The summed E-state index contributed by atoms with van der Waals surface area (Å²) >= 11 is 0. The average Bonchev–Trinajstić information content (AvgIpc) is 2.25. The van der Waals surface area contributed by atoms with Gasteiger partial charge in [-0.25, -0.2) is 0 Å². The summed E-state index contributed by atoms with van der Waals surface area (Å²) in [5.41, 5.74) is 1.26. The van der Waals surface area contributed by atoms with E-state index < -0.39 is 0 Å². The van der Waals surface area contributed by atoms with Crippen molar-refractivity contribution in [3.05, 3.63) is 48.0 Å². The summed E-state index contributed by atoms with van der Waals surface area (Å²) in [6, 6.07) is 10.2. The first-order valence-electron chi connectivity index (χ1n) is 4.92. The Hall–Kier alpha value is -1.12. The molecule has 1 rings (SSSR count). The monoisotopic (exact) mass is 191 g/mol. The molecule has 2 nitrogen and oxygen atoms in total. The third-order valence-electron chi connectivity index (χ3n) is 2.05. The molecule has 0 aromatic heterocycles. The first kappa shape index (κ1) is 11.0. The third kappa shape index (κ3) is 4.21. The number of benzene rings is 1. The lowest BCUT2D eigenvalue weighted by Crippen LogP contribution is -2.21. The molecule has 2 heteroatoms. The second-order valence-electron chi connectivity index (χ2n) is 3.22. The van der Waals surface area contributed by atoms with E-state index >= 15 is 0 Å². The SMILES string of the molecule is CC=CCN(O)CCc1ccccc1. The number of rotatable bonds is 5. The summed E-state index contributed by atoms with van der Waals surface area (Å²) in [6.07, 6.45) is 4.76. The molecule has 0 aliphatic carbocycles. The maximum Gasteiger partial charge on any atom is 0.0418 e. The summed E-state index contributed by atoms with van der Waals surface area (Å²) in [5, 5.41) is 10.8. The second-order valence-corrected chi connectivity index (χ2v) is 3.22. The molecule has 0 saturated heterocycles. The van der Waals surface area contributed by atoms with Crippen molar-refractivity contribution < 1.29 is 5.21 Å². The average molecular weight is 191 g/mol. The van der Waals surface area contributed by atoms with Gasteiger partial charge in [0, 0.05) is 13.1 Å². The number of nitrogens with zero attached hydrogens (tertiary/aromatic N) is 1. The molecule has 76 valence electrons. The topological polar surface area (TPSA) is 23.5 Å². The zero-order valence-corrected chi connectivity index (χ0v) is 8.56. The third-order valence-corrected chi connectivity index (χ3v) is 2.05. The minimum absolute atomic E-state index is 0.601. The smallest absolute Gasteiger partial charge is 0.0418 e. The molecule has 1 aromatic carbocycles. The van der Waals surface area contributed by atoms with E-state index in [9.17, 15) is 5.21 Å². The van der Waals surface area contributed by atoms with Gasteiger partial charge in [-0.05, 0) is 18.9 Å². The molecule has 0 radical (unpaired) electrons. The van der Waals surface area contributed by atoms with Crippen molar-refractivity contribution >= 4 is 0 Å². The van der Waals surface area contributed by atoms with E-state index in [0.717, 1.165) is 6.42 Å². The summed E-state index contributed by atoms with van der Waals surface area (Å²) in [6.45, 7) is 3.22. The fourth-order valence-electron chi connectivity index (χ4n) is 1.22. The van der Waals surface area contributed by atoms with Crippen LogP contribution in [-0.4, -0.2) is 23.4 Å². The van der Waals surface area contributed by atoms with Gasteiger partial charge >= 0.3 is 0 Å². The van der Waals surface area contributed by atoms with Crippen LogP contribution in [0.3, 0.4) is 0 Å².